The predicted octanol–water partition coefficient (Wildman–Crippen LogP) is 3.03. The SMILES string of the molecule is OC/C=C/Cc1ccc2c3c(cccc13)CC2. The van der Waals surface area contributed by atoms with Gasteiger partial charge >= 0.3 is 0 Å². The number of aliphatic hydroxyl groups excluding tert-OH is 1. The highest BCUT2D eigenvalue weighted by Gasteiger charge is 2.14. The van der Waals surface area contributed by atoms with Gasteiger partial charge in [-0.25, -0.2) is 0 Å². The van der Waals surface area contributed by atoms with Crippen molar-refractivity contribution in [3.05, 3.63) is 59.2 Å². The first kappa shape index (κ1) is 10.5. The van der Waals surface area contributed by atoms with Crippen LogP contribution in [0.3, 0.4) is 0 Å². The molecule has 1 N–H and O–H groups in total. The Morgan fingerprint density at radius 2 is 1.82 bits per heavy atom. The van der Waals surface area contributed by atoms with E-state index in [2.05, 4.69) is 30.3 Å². The zero-order chi connectivity index (χ0) is 11.7. The van der Waals surface area contributed by atoms with Crippen LogP contribution >= 0.6 is 0 Å². The molecule has 1 nitrogen and oxygen atoms in total. The first-order valence-corrected chi connectivity index (χ1v) is 6.18. The molecule has 3 rings (SSSR count). The lowest BCUT2D eigenvalue weighted by atomic mass is 9.98. The lowest BCUT2D eigenvalue weighted by Crippen LogP contribution is -1.87. The Balaban J connectivity index is 2.12. The second kappa shape index (κ2) is 4.34. The first-order valence-electron chi connectivity index (χ1n) is 6.18. The molecule has 1 aliphatic carbocycles. The van der Waals surface area contributed by atoms with Gasteiger partial charge in [-0.3, -0.25) is 0 Å². The summed E-state index contributed by atoms with van der Waals surface area (Å²) in [6.07, 6.45) is 7.12. The summed E-state index contributed by atoms with van der Waals surface area (Å²) in [5.74, 6) is 0. The molecule has 0 spiro atoms. The van der Waals surface area contributed by atoms with Crippen LogP contribution in [0, 0.1) is 0 Å². The molecule has 86 valence electrons. The van der Waals surface area contributed by atoms with Gasteiger partial charge < -0.3 is 5.11 Å². The Morgan fingerprint density at radius 3 is 2.65 bits per heavy atom. The third-order valence-corrected chi connectivity index (χ3v) is 3.58. The highest BCUT2D eigenvalue weighted by molar-refractivity contribution is 5.93. The molecule has 0 fully saturated rings. The Hall–Kier alpha value is -1.60. The van der Waals surface area contributed by atoms with Crippen LogP contribution in [0.4, 0.5) is 0 Å². The number of allylic oxidation sites excluding steroid dienone is 1. The second-order valence-electron chi connectivity index (χ2n) is 4.58. The Labute approximate surface area is 101 Å². The molecule has 0 unspecified atom stereocenters. The molecular weight excluding hydrogens is 208 g/mol. The molecule has 0 aliphatic heterocycles. The first-order chi connectivity index (χ1) is 8.40. The van der Waals surface area contributed by atoms with Crippen LogP contribution in [0.5, 0.6) is 0 Å². The maximum Gasteiger partial charge on any atom is 0.0612 e. The van der Waals surface area contributed by atoms with E-state index < -0.39 is 0 Å². The second-order valence-corrected chi connectivity index (χ2v) is 4.58. The topological polar surface area (TPSA) is 20.2 Å². The molecule has 0 radical (unpaired) electrons. The number of aliphatic hydroxyl groups is 1. The van der Waals surface area contributed by atoms with E-state index in [1.54, 1.807) is 0 Å². The van der Waals surface area contributed by atoms with Crippen LogP contribution in [0.1, 0.15) is 16.7 Å². The van der Waals surface area contributed by atoms with Crippen molar-refractivity contribution in [1.82, 2.24) is 0 Å². The van der Waals surface area contributed by atoms with Crippen molar-refractivity contribution in [2.24, 2.45) is 0 Å². The Bertz CT molecular complexity index is 571. The highest BCUT2D eigenvalue weighted by atomic mass is 16.2. The maximum atomic E-state index is 8.77. The van der Waals surface area contributed by atoms with Gasteiger partial charge in [0.1, 0.15) is 0 Å². The number of aryl methyl sites for hydroxylation is 2. The van der Waals surface area contributed by atoms with Gasteiger partial charge in [0, 0.05) is 0 Å². The molecular formula is C16H16O. The van der Waals surface area contributed by atoms with Gasteiger partial charge in [0.25, 0.3) is 0 Å². The minimum Gasteiger partial charge on any atom is -0.392 e. The van der Waals surface area contributed by atoms with Crippen molar-refractivity contribution in [2.75, 3.05) is 6.61 Å². The van der Waals surface area contributed by atoms with E-state index in [-0.39, 0.29) is 6.61 Å². The fraction of sp³-hybridized carbons (Fsp3) is 0.250. The van der Waals surface area contributed by atoms with Crippen LogP contribution < -0.4 is 0 Å². The molecule has 2 aromatic rings. The van der Waals surface area contributed by atoms with E-state index in [0.717, 1.165) is 6.42 Å². The van der Waals surface area contributed by atoms with Crippen LogP contribution in [0.15, 0.2) is 42.5 Å². The lowest BCUT2D eigenvalue weighted by molar-refractivity contribution is 0.342. The normalized spacial score (nSPS) is 13.9. The van der Waals surface area contributed by atoms with Crippen molar-refractivity contribution >= 4 is 10.8 Å². The molecule has 17 heavy (non-hydrogen) atoms. The van der Waals surface area contributed by atoms with E-state index in [1.807, 2.05) is 12.2 Å². The molecule has 0 amide bonds. The average Bonchev–Trinajstić information content (AvgIpc) is 2.78. The molecule has 0 atom stereocenters. The fourth-order valence-corrected chi connectivity index (χ4v) is 2.77. The van der Waals surface area contributed by atoms with E-state index in [4.69, 9.17) is 5.11 Å². The van der Waals surface area contributed by atoms with Gasteiger partial charge in [0.05, 0.1) is 6.61 Å². The molecule has 0 saturated carbocycles. The van der Waals surface area contributed by atoms with Gasteiger partial charge in [-0.1, -0.05) is 42.5 Å². The van der Waals surface area contributed by atoms with Crippen LogP contribution in [0.25, 0.3) is 10.8 Å². The zero-order valence-corrected chi connectivity index (χ0v) is 9.82. The summed E-state index contributed by atoms with van der Waals surface area (Å²) < 4.78 is 0. The molecule has 0 saturated heterocycles. The van der Waals surface area contributed by atoms with Crippen molar-refractivity contribution in [3.8, 4) is 0 Å². The van der Waals surface area contributed by atoms with Gasteiger partial charge in [-0.05, 0) is 46.7 Å². The number of hydrogen-bond acceptors (Lipinski definition) is 1. The minimum absolute atomic E-state index is 0.126. The summed E-state index contributed by atoms with van der Waals surface area (Å²) in [5.41, 5.74) is 4.34. The van der Waals surface area contributed by atoms with Crippen LogP contribution in [-0.4, -0.2) is 11.7 Å². The Kier molecular flexibility index (Phi) is 2.69. The lowest BCUT2D eigenvalue weighted by Gasteiger charge is -2.07. The van der Waals surface area contributed by atoms with Gasteiger partial charge in [0.2, 0.25) is 0 Å². The fourth-order valence-electron chi connectivity index (χ4n) is 2.77. The van der Waals surface area contributed by atoms with Crippen LogP contribution in [0.2, 0.25) is 0 Å². The molecule has 0 bridgehead atoms. The van der Waals surface area contributed by atoms with Crippen molar-refractivity contribution in [1.29, 1.82) is 0 Å². The van der Waals surface area contributed by atoms with Crippen molar-refractivity contribution in [2.45, 2.75) is 19.3 Å². The summed E-state index contributed by atoms with van der Waals surface area (Å²) in [6.45, 7) is 0.126. The van der Waals surface area contributed by atoms with Crippen molar-refractivity contribution in [3.63, 3.8) is 0 Å². The van der Waals surface area contributed by atoms with Gasteiger partial charge in [-0.2, -0.15) is 0 Å². The summed E-state index contributed by atoms with van der Waals surface area (Å²) in [7, 11) is 0. The van der Waals surface area contributed by atoms with Crippen molar-refractivity contribution < 1.29 is 5.11 Å². The molecule has 1 heteroatoms. The molecule has 0 heterocycles. The molecule has 0 aromatic heterocycles. The zero-order valence-electron chi connectivity index (χ0n) is 9.82. The van der Waals surface area contributed by atoms with E-state index in [9.17, 15) is 0 Å². The minimum atomic E-state index is 0.126. The van der Waals surface area contributed by atoms with E-state index in [0.29, 0.717) is 0 Å². The predicted molar refractivity (Wildman–Crippen MR) is 71.3 cm³/mol. The number of rotatable bonds is 3. The number of hydrogen-bond donors (Lipinski definition) is 1. The largest absolute Gasteiger partial charge is 0.392 e. The smallest absolute Gasteiger partial charge is 0.0612 e. The summed E-state index contributed by atoms with van der Waals surface area (Å²) in [5, 5.41) is 11.6. The molecule has 1 aliphatic rings. The monoisotopic (exact) mass is 224 g/mol. The number of benzene rings is 2. The third kappa shape index (κ3) is 1.77. The van der Waals surface area contributed by atoms with E-state index in [1.165, 1.54) is 40.3 Å². The van der Waals surface area contributed by atoms with Gasteiger partial charge in [0.15, 0.2) is 0 Å². The molecule has 2 aromatic carbocycles. The highest BCUT2D eigenvalue weighted by Crippen LogP contribution is 2.32. The summed E-state index contributed by atoms with van der Waals surface area (Å²) in [4.78, 5) is 0. The van der Waals surface area contributed by atoms with Crippen LogP contribution in [-0.2, 0) is 19.3 Å². The quantitative estimate of drug-likeness (QED) is 0.794. The van der Waals surface area contributed by atoms with E-state index >= 15 is 0 Å². The third-order valence-electron chi connectivity index (χ3n) is 3.58. The maximum absolute atomic E-state index is 8.77. The standard InChI is InChI=1S/C16H16O/c17-11-2-1-4-12-7-8-14-10-9-13-5-3-6-15(12)16(13)14/h1-3,5-8,17H,4,9-11H2/b2-1+. The summed E-state index contributed by atoms with van der Waals surface area (Å²) >= 11 is 0. The Morgan fingerprint density at radius 1 is 1.00 bits per heavy atom. The van der Waals surface area contributed by atoms with Gasteiger partial charge in [-0.15, -0.1) is 0 Å². The average molecular weight is 224 g/mol. The summed E-state index contributed by atoms with van der Waals surface area (Å²) in [6, 6.07) is 11.1.